The molecule has 1 aromatic heterocycles. The van der Waals surface area contributed by atoms with Gasteiger partial charge in [0.05, 0.1) is 10.7 Å². The van der Waals surface area contributed by atoms with Crippen LogP contribution in [0.4, 0.5) is 0 Å². The molecule has 2 aromatic rings. The number of aromatic amines is 1. The average molecular weight is 273 g/mol. The Labute approximate surface area is 84.1 Å². The summed E-state index contributed by atoms with van der Waals surface area (Å²) in [5.74, 6) is 0.933. The van der Waals surface area contributed by atoms with Crippen LogP contribution in [0.15, 0.2) is 24.4 Å². The van der Waals surface area contributed by atoms with E-state index in [9.17, 15) is 0 Å². The van der Waals surface area contributed by atoms with Gasteiger partial charge in [-0.25, -0.2) is 0 Å². The molecule has 0 radical (unpaired) electrons. The molecule has 62 valence electrons. The van der Waals surface area contributed by atoms with Crippen molar-refractivity contribution in [2.24, 2.45) is 0 Å². The van der Waals surface area contributed by atoms with Gasteiger partial charge >= 0.3 is 0 Å². The zero-order valence-electron chi connectivity index (χ0n) is 6.60. The summed E-state index contributed by atoms with van der Waals surface area (Å²) in [7, 11) is 1.69. The van der Waals surface area contributed by atoms with Gasteiger partial charge in [0.15, 0.2) is 0 Å². The summed E-state index contributed by atoms with van der Waals surface area (Å²) >= 11 is 2.26. The lowest BCUT2D eigenvalue weighted by Crippen LogP contribution is -1.85. The number of H-pyrrole nitrogens is 1. The number of halogens is 1. The van der Waals surface area contributed by atoms with E-state index in [2.05, 4.69) is 33.6 Å². The molecule has 0 spiro atoms. The summed E-state index contributed by atoms with van der Waals surface area (Å²) in [6.45, 7) is 0. The average Bonchev–Trinajstić information content (AvgIpc) is 2.49. The molecule has 2 nitrogen and oxygen atoms in total. The number of rotatable bonds is 1. The summed E-state index contributed by atoms with van der Waals surface area (Å²) in [4.78, 5) is 3.15. The van der Waals surface area contributed by atoms with Crippen molar-refractivity contribution < 1.29 is 4.74 Å². The predicted octanol–water partition coefficient (Wildman–Crippen LogP) is 2.78. The maximum atomic E-state index is 5.20. The van der Waals surface area contributed by atoms with Crippen molar-refractivity contribution in [1.82, 2.24) is 4.98 Å². The summed E-state index contributed by atoms with van der Waals surface area (Å²) in [6.07, 6.45) is 1.93. The molecule has 2 rings (SSSR count). The van der Waals surface area contributed by atoms with Crippen LogP contribution in [-0.4, -0.2) is 12.1 Å². The monoisotopic (exact) mass is 273 g/mol. The molecular weight excluding hydrogens is 265 g/mol. The molecule has 12 heavy (non-hydrogen) atoms. The fourth-order valence-electron chi connectivity index (χ4n) is 1.21. The van der Waals surface area contributed by atoms with Gasteiger partial charge in [-0.1, -0.05) is 0 Å². The van der Waals surface area contributed by atoms with Crippen LogP contribution < -0.4 is 4.74 Å². The van der Waals surface area contributed by atoms with Crippen LogP contribution in [0.2, 0.25) is 0 Å². The Morgan fingerprint density at radius 3 is 3.00 bits per heavy atom. The summed E-state index contributed by atoms with van der Waals surface area (Å²) in [5, 5.41) is 1.19. The van der Waals surface area contributed by atoms with Crippen molar-refractivity contribution in [1.29, 1.82) is 0 Å². The van der Waals surface area contributed by atoms with Crippen LogP contribution in [0.3, 0.4) is 0 Å². The Balaban J connectivity index is 2.73. The smallest absolute Gasteiger partial charge is 0.132 e. The molecule has 0 aliphatic heterocycles. The maximum absolute atomic E-state index is 5.20. The van der Waals surface area contributed by atoms with Gasteiger partial charge in [-0.05, 0) is 40.8 Å². The Bertz CT molecular complexity index is 408. The first-order valence-corrected chi connectivity index (χ1v) is 4.70. The summed E-state index contributed by atoms with van der Waals surface area (Å²) < 4.78 is 6.33. The molecule has 1 aromatic carbocycles. The first kappa shape index (κ1) is 7.91. The predicted molar refractivity (Wildman–Crippen MR) is 57.6 cm³/mol. The van der Waals surface area contributed by atoms with Crippen LogP contribution in [0.25, 0.3) is 10.9 Å². The van der Waals surface area contributed by atoms with Gasteiger partial charge in [-0.3, -0.25) is 0 Å². The summed E-state index contributed by atoms with van der Waals surface area (Å²) in [6, 6.07) is 6.15. The highest BCUT2D eigenvalue weighted by atomic mass is 127. The van der Waals surface area contributed by atoms with Gasteiger partial charge in [0, 0.05) is 17.1 Å². The molecular formula is C9H8INO. The standard InChI is InChI=1S/C9H8INO/c1-12-9-4-6-2-3-11-8(6)5-7(9)10/h2-5,11H,1H3. The zero-order chi connectivity index (χ0) is 8.55. The molecule has 0 bridgehead atoms. The van der Waals surface area contributed by atoms with E-state index in [0.29, 0.717) is 0 Å². The lowest BCUT2D eigenvalue weighted by molar-refractivity contribution is 0.412. The molecule has 1 N–H and O–H groups in total. The van der Waals surface area contributed by atoms with E-state index in [4.69, 9.17) is 4.74 Å². The summed E-state index contributed by atoms with van der Waals surface area (Å²) in [5.41, 5.74) is 1.15. The van der Waals surface area contributed by atoms with Crippen LogP contribution in [-0.2, 0) is 0 Å². The quantitative estimate of drug-likeness (QED) is 0.794. The number of ether oxygens (including phenoxy) is 1. The Morgan fingerprint density at radius 2 is 2.25 bits per heavy atom. The van der Waals surface area contributed by atoms with Crippen molar-refractivity contribution in [3.05, 3.63) is 28.0 Å². The molecule has 0 unspecified atom stereocenters. The first-order valence-electron chi connectivity index (χ1n) is 3.62. The molecule has 0 saturated heterocycles. The van der Waals surface area contributed by atoms with Gasteiger partial charge in [0.25, 0.3) is 0 Å². The SMILES string of the molecule is COc1cc2cc[nH]c2cc1I. The van der Waals surface area contributed by atoms with E-state index in [1.807, 2.05) is 18.3 Å². The van der Waals surface area contributed by atoms with E-state index in [-0.39, 0.29) is 0 Å². The van der Waals surface area contributed by atoms with Gasteiger partial charge in [-0.15, -0.1) is 0 Å². The minimum absolute atomic E-state index is 0.933. The Kier molecular flexibility index (Phi) is 1.96. The molecule has 0 aliphatic carbocycles. The molecule has 0 aliphatic rings. The van der Waals surface area contributed by atoms with Crippen LogP contribution in [0, 0.1) is 3.57 Å². The fourth-order valence-corrected chi connectivity index (χ4v) is 1.90. The zero-order valence-corrected chi connectivity index (χ0v) is 8.75. The molecule has 0 saturated carbocycles. The molecule has 0 amide bonds. The maximum Gasteiger partial charge on any atom is 0.132 e. The lowest BCUT2D eigenvalue weighted by Gasteiger charge is -2.02. The van der Waals surface area contributed by atoms with E-state index in [1.54, 1.807) is 7.11 Å². The van der Waals surface area contributed by atoms with Crippen molar-refractivity contribution in [3.63, 3.8) is 0 Å². The third-order valence-corrected chi connectivity index (χ3v) is 2.67. The van der Waals surface area contributed by atoms with Crippen molar-refractivity contribution in [2.75, 3.05) is 7.11 Å². The number of hydrogen-bond acceptors (Lipinski definition) is 1. The number of fused-ring (bicyclic) bond motifs is 1. The van der Waals surface area contributed by atoms with E-state index >= 15 is 0 Å². The number of aromatic nitrogens is 1. The number of hydrogen-bond donors (Lipinski definition) is 1. The van der Waals surface area contributed by atoms with E-state index < -0.39 is 0 Å². The van der Waals surface area contributed by atoms with E-state index in [0.717, 1.165) is 14.8 Å². The van der Waals surface area contributed by atoms with Gasteiger partial charge in [0.1, 0.15) is 5.75 Å². The largest absolute Gasteiger partial charge is 0.496 e. The highest BCUT2D eigenvalue weighted by molar-refractivity contribution is 14.1. The van der Waals surface area contributed by atoms with Crippen molar-refractivity contribution >= 4 is 33.5 Å². The second-order valence-corrected chi connectivity index (χ2v) is 3.71. The van der Waals surface area contributed by atoms with Crippen molar-refractivity contribution in [3.8, 4) is 5.75 Å². The van der Waals surface area contributed by atoms with Crippen LogP contribution >= 0.6 is 22.6 Å². The molecule has 1 heterocycles. The molecule has 0 fully saturated rings. The van der Waals surface area contributed by atoms with Crippen LogP contribution in [0.5, 0.6) is 5.75 Å². The van der Waals surface area contributed by atoms with Gasteiger partial charge < -0.3 is 9.72 Å². The number of benzene rings is 1. The second kappa shape index (κ2) is 2.97. The van der Waals surface area contributed by atoms with Crippen LogP contribution in [0.1, 0.15) is 0 Å². The highest BCUT2D eigenvalue weighted by Crippen LogP contribution is 2.26. The Hall–Kier alpha value is -0.710. The lowest BCUT2D eigenvalue weighted by atomic mass is 10.2. The van der Waals surface area contributed by atoms with Gasteiger partial charge in [0.2, 0.25) is 0 Å². The van der Waals surface area contributed by atoms with E-state index in [1.165, 1.54) is 5.39 Å². The van der Waals surface area contributed by atoms with Crippen molar-refractivity contribution in [2.45, 2.75) is 0 Å². The highest BCUT2D eigenvalue weighted by Gasteiger charge is 2.02. The molecule has 3 heteroatoms. The Morgan fingerprint density at radius 1 is 1.42 bits per heavy atom. The number of methoxy groups -OCH3 is 1. The minimum atomic E-state index is 0.933. The minimum Gasteiger partial charge on any atom is -0.496 e. The molecule has 0 atom stereocenters. The number of nitrogens with one attached hydrogen (secondary N) is 1. The normalized spacial score (nSPS) is 10.5. The third-order valence-electron chi connectivity index (χ3n) is 1.83. The first-order chi connectivity index (χ1) is 5.81. The topological polar surface area (TPSA) is 25.0 Å². The second-order valence-electron chi connectivity index (χ2n) is 2.55. The third kappa shape index (κ3) is 1.18. The van der Waals surface area contributed by atoms with Gasteiger partial charge in [-0.2, -0.15) is 0 Å². The fraction of sp³-hybridized carbons (Fsp3) is 0.111.